The van der Waals surface area contributed by atoms with Gasteiger partial charge in [-0.2, -0.15) is 8.78 Å². The molecule has 1 aromatic carbocycles. The molecular weight excluding hydrogens is 356 g/mol. The van der Waals surface area contributed by atoms with Gasteiger partial charge in [-0.3, -0.25) is 9.79 Å². The van der Waals surface area contributed by atoms with Crippen LogP contribution in [0.25, 0.3) is 0 Å². The lowest BCUT2D eigenvalue weighted by atomic mass is 10.2. The number of rotatable bonds is 6. The second kappa shape index (κ2) is 9.41. The molecule has 0 amide bonds. The maximum Gasteiger partial charge on any atom is 0.387 e. The summed E-state index contributed by atoms with van der Waals surface area (Å²) in [5.41, 5.74) is -0.161. The van der Waals surface area contributed by atoms with E-state index in [1.807, 2.05) is 0 Å². The molecule has 1 rings (SSSR count). The van der Waals surface area contributed by atoms with Gasteiger partial charge in [-0.25, -0.2) is 0 Å². The molecule has 0 heterocycles. The van der Waals surface area contributed by atoms with Crippen molar-refractivity contribution in [1.29, 1.82) is 0 Å². The Hall–Kier alpha value is -2.09. The first-order chi connectivity index (χ1) is 11.6. The molecule has 9 heteroatoms. The normalized spacial score (nSPS) is 12.1. The SMILES string of the molecule is CN=C(NCC(=O)OC(C)(C)C)NCc1cc(Cl)ccc1OC(F)F. The summed E-state index contributed by atoms with van der Waals surface area (Å²) < 4.78 is 34.5. The van der Waals surface area contributed by atoms with Crippen molar-refractivity contribution in [1.82, 2.24) is 10.6 Å². The largest absolute Gasteiger partial charge is 0.459 e. The van der Waals surface area contributed by atoms with Gasteiger partial charge in [-0.15, -0.1) is 0 Å². The van der Waals surface area contributed by atoms with Gasteiger partial charge in [0.2, 0.25) is 0 Å². The van der Waals surface area contributed by atoms with E-state index in [9.17, 15) is 13.6 Å². The highest BCUT2D eigenvalue weighted by molar-refractivity contribution is 6.30. The monoisotopic (exact) mass is 377 g/mol. The summed E-state index contributed by atoms with van der Waals surface area (Å²) in [7, 11) is 1.51. The molecule has 0 aliphatic heterocycles. The lowest BCUT2D eigenvalue weighted by Gasteiger charge is -2.20. The minimum atomic E-state index is -2.94. The van der Waals surface area contributed by atoms with Crippen LogP contribution >= 0.6 is 11.6 Å². The molecule has 0 radical (unpaired) electrons. The van der Waals surface area contributed by atoms with Crippen molar-refractivity contribution in [2.24, 2.45) is 4.99 Å². The third kappa shape index (κ3) is 8.53. The van der Waals surface area contributed by atoms with Gasteiger partial charge >= 0.3 is 12.6 Å². The average molecular weight is 378 g/mol. The van der Waals surface area contributed by atoms with Crippen LogP contribution in [0.4, 0.5) is 8.78 Å². The van der Waals surface area contributed by atoms with Crippen molar-refractivity contribution in [3.05, 3.63) is 28.8 Å². The van der Waals surface area contributed by atoms with E-state index in [-0.39, 0.29) is 18.8 Å². The smallest absolute Gasteiger partial charge is 0.387 e. The van der Waals surface area contributed by atoms with E-state index in [1.165, 1.54) is 25.2 Å². The highest BCUT2D eigenvalue weighted by Gasteiger charge is 2.16. The Morgan fingerprint density at radius 1 is 1.32 bits per heavy atom. The fourth-order valence-electron chi connectivity index (χ4n) is 1.83. The highest BCUT2D eigenvalue weighted by atomic mass is 35.5. The van der Waals surface area contributed by atoms with Crippen LogP contribution in [0.15, 0.2) is 23.2 Å². The zero-order chi connectivity index (χ0) is 19.0. The zero-order valence-electron chi connectivity index (χ0n) is 14.5. The predicted octanol–water partition coefficient (Wildman–Crippen LogP) is 2.95. The number of hydrogen-bond donors (Lipinski definition) is 2. The first kappa shape index (κ1) is 21.0. The van der Waals surface area contributed by atoms with Crippen LogP contribution in [0.2, 0.25) is 5.02 Å². The van der Waals surface area contributed by atoms with E-state index in [0.717, 1.165) is 0 Å². The first-order valence-corrected chi connectivity index (χ1v) is 7.88. The molecule has 140 valence electrons. The number of ether oxygens (including phenoxy) is 2. The van der Waals surface area contributed by atoms with Crippen LogP contribution in [0.3, 0.4) is 0 Å². The Kier molecular flexibility index (Phi) is 7.89. The first-order valence-electron chi connectivity index (χ1n) is 7.50. The third-order valence-electron chi connectivity index (χ3n) is 2.73. The van der Waals surface area contributed by atoms with Crippen molar-refractivity contribution in [3.8, 4) is 5.75 Å². The maximum absolute atomic E-state index is 12.4. The van der Waals surface area contributed by atoms with Gasteiger partial charge in [0, 0.05) is 24.2 Å². The van der Waals surface area contributed by atoms with E-state index in [1.54, 1.807) is 20.8 Å². The molecule has 0 aliphatic carbocycles. The summed E-state index contributed by atoms with van der Waals surface area (Å²) in [5.74, 6) is -0.136. The standard InChI is InChI=1S/C16H22ClF2N3O3/c1-16(2,3)25-13(23)9-22-15(20-4)21-8-10-7-11(17)5-6-12(10)24-14(18)19/h5-7,14H,8-9H2,1-4H3,(H2,20,21,22). The third-order valence-corrected chi connectivity index (χ3v) is 2.96. The highest BCUT2D eigenvalue weighted by Crippen LogP contribution is 2.24. The van der Waals surface area contributed by atoms with Crippen molar-refractivity contribution in [2.75, 3.05) is 13.6 Å². The van der Waals surface area contributed by atoms with Crippen LogP contribution in [-0.4, -0.2) is 37.7 Å². The van der Waals surface area contributed by atoms with Gasteiger partial charge < -0.3 is 20.1 Å². The summed E-state index contributed by atoms with van der Waals surface area (Å²) in [4.78, 5) is 15.6. The van der Waals surface area contributed by atoms with Gasteiger partial charge in [0.15, 0.2) is 5.96 Å². The summed E-state index contributed by atoms with van der Waals surface area (Å²) in [6.45, 7) is 2.39. The van der Waals surface area contributed by atoms with Crippen molar-refractivity contribution < 1.29 is 23.0 Å². The molecular formula is C16H22ClF2N3O3. The van der Waals surface area contributed by atoms with E-state index >= 15 is 0 Å². The van der Waals surface area contributed by atoms with Gasteiger partial charge in [-0.05, 0) is 39.0 Å². The Balaban J connectivity index is 2.63. The molecule has 2 N–H and O–H groups in total. The van der Waals surface area contributed by atoms with Crippen LogP contribution in [0, 0.1) is 0 Å². The Morgan fingerprint density at radius 3 is 2.56 bits per heavy atom. The summed E-state index contributed by atoms with van der Waals surface area (Å²) in [6.07, 6.45) is 0. The van der Waals surface area contributed by atoms with Gasteiger partial charge in [0.05, 0.1) is 0 Å². The summed E-state index contributed by atoms with van der Waals surface area (Å²) in [5, 5.41) is 6.06. The van der Waals surface area contributed by atoms with Crippen LogP contribution in [0.1, 0.15) is 26.3 Å². The van der Waals surface area contributed by atoms with E-state index in [2.05, 4.69) is 20.4 Å². The molecule has 6 nitrogen and oxygen atoms in total. The Morgan fingerprint density at radius 2 is 2.00 bits per heavy atom. The topological polar surface area (TPSA) is 72.0 Å². The zero-order valence-corrected chi connectivity index (χ0v) is 15.3. The fraction of sp³-hybridized carbons (Fsp3) is 0.500. The molecule has 25 heavy (non-hydrogen) atoms. The maximum atomic E-state index is 12.4. The molecule has 0 bridgehead atoms. The number of esters is 1. The number of halogens is 3. The second-order valence-corrected chi connectivity index (χ2v) is 6.43. The molecule has 0 unspecified atom stereocenters. The summed E-state index contributed by atoms with van der Waals surface area (Å²) in [6, 6.07) is 4.33. The average Bonchev–Trinajstić information content (AvgIpc) is 2.47. The molecule has 0 aliphatic rings. The number of aliphatic imine (C=N–C) groups is 1. The minimum Gasteiger partial charge on any atom is -0.459 e. The molecule has 1 aromatic rings. The van der Waals surface area contributed by atoms with E-state index in [0.29, 0.717) is 16.5 Å². The lowest BCUT2D eigenvalue weighted by molar-refractivity contribution is -0.153. The fourth-order valence-corrected chi connectivity index (χ4v) is 2.02. The van der Waals surface area contributed by atoms with Gasteiger partial charge in [-0.1, -0.05) is 11.6 Å². The van der Waals surface area contributed by atoms with Gasteiger partial charge in [0.1, 0.15) is 17.9 Å². The van der Waals surface area contributed by atoms with Crippen molar-refractivity contribution >= 4 is 23.5 Å². The van der Waals surface area contributed by atoms with E-state index in [4.69, 9.17) is 16.3 Å². The number of carbonyl (C=O) groups is 1. The number of nitrogens with zero attached hydrogens (tertiary/aromatic N) is 1. The molecule has 0 atom stereocenters. The number of alkyl halides is 2. The van der Waals surface area contributed by atoms with Gasteiger partial charge in [0.25, 0.3) is 0 Å². The van der Waals surface area contributed by atoms with Crippen LogP contribution < -0.4 is 15.4 Å². The molecule has 0 aromatic heterocycles. The second-order valence-electron chi connectivity index (χ2n) is 6.00. The molecule has 0 fully saturated rings. The Bertz CT molecular complexity index is 619. The molecule has 0 spiro atoms. The number of benzene rings is 1. The molecule has 0 saturated carbocycles. The molecule has 0 saturated heterocycles. The van der Waals surface area contributed by atoms with E-state index < -0.39 is 18.2 Å². The Labute approximate surface area is 150 Å². The van der Waals surface area contributed by atoms with Crippen molar-refractivity contribution in [2.45, 2.75) is 39.5 Å². The van der Waals surface area contributed by atoms with Crippen molar-refractivity contribution in [3.63, 3.8) is 0 Å². The number of carbonyl (C=O) groups excluding carboxylic acids is 1. The minimum absolute atomic E-state index is 0.00879. The van der Waals surface area contributed by atoms with Crippen LogP contribution in [0.5, 0.6) is 5.75 Å². The van der Waals surface area contributed by atoms with Crippen LogP contribution in [-0.2, 0) is 16.1 Å². The number of hydrogen-bond acceptors (Lipinski definition) is 4. The summed E-state index contributed by atoms with van der Waals surface area (Å²) >= 11 is 5.89. The quantitative estimate of drug-likeness (QED) is 0.453. The number of nitrogens with one attached hydrogen (secondary N) is 2. The predicted molar refractivity (Wildman–Crippen MR) is 92.1 cm³/mol. The number of guanidine groups is 1. The lowest BCUT2D eigenvalue weighted by Crippen LogP contribution is -2.41.